The third-order valence-corrected chi connectivity index (χ3v) is 4.83. The van der Waals surface area contributed by atoms with Crippen molar-refractivity contribution < 1.29 is 22.7 Å². The van der Waals surface area contributed by atoms with Gasteiger partial charge in [0.2, 0.25) is 10.0 Å². The average molecular weight is 339 g/mol. The maximum Gasteiger partial charge on any atom is 0.240 e. The smallest absolute Gasteiger partial charge is 0.240 e. The van der Waals surface area contributed by atoms with Crippen LogP contribution in [0.25, 0.3) is 0 Å². The lowest BCUT2D eigenvalue weighted by Gasteiger charge is -2.15. The summed E-state index contributed by atoms with van der Waals surface area (Å²) in [6.45, 7) is 5.87. The number of benzene rings is 1. The van der Waals surface area contributed by atoms with Gasteiger partial charge in [-0.05, 0) is 50.1 Å². The van der Waals surface area contributed by atoms with Crippen LogP contribution in [0.15, 0.2) is 40.0 Å². The molecule has 2 aromatic rings. The quantitative estimate of drug-likeness (QED) is 0.808. The first kappa shape index (κ1) is 17.5. The highest BCUT2D eigenvalue weighted by Gasteiger charge is 2.19. The van der Waals surface area contributed by atoms with E-state index in [1.165, 1.54) is 12.5 Å². The molecule has 7 heteroatoms. The van der Waals surface area contributed by atoms with Crippen LogP contribution in [0.2, 0.25) is 0 Å². The number of aliphatic hydroxyl groups excluding tert-OH is 1. The van der Waals surface area contributed by atoms with Crippen molar-refractivity contribution in [1.82, 2.24) is 4.72 Å². The molecule has 1 atom stereocenters. The number of nitrogens with one attached hydrogen (secondary N) is 1. The van der Waals surface area contributed by atoms with Gasteiger partial charge in [0.15, 0.2) is 0 Å². The molecule has 0 unspecified atom stereocenters. The summed E-state index contributed by atoms with van der Waals surface area (Å²) in [4.78, 5) is 0.148. The summed E-state index contributed by atoms with van der Waals surface area (Å²) in [5, 5.41) is 9.94. The Morgan fingerprint density at radius 3 is 2.48 bits per heavy atom. The fourth-order valence-electron chi connectivity index (χ4n) is 2.29. The molecule has 0 aliphatic carbocycles. The summed E-state index contributed by atoms with van der Waals surface area (Å²) >= 11 is 0. The zero-order valence-electron chi connectivity index (χ0n) is 13.4. The number of aryl methyl sites for hydroxylation is 2. The maximum atomic E-state index is 12.4. The Hall–Kier alpha value is -1.83. The highest BCUT2D eigenvalue weighted by Crippen LogP contribution is 2.27. The van der Waals surface area contributed by atoms with Crippen molar-refractivity contribution in [2.45, 2.75) is 31.8 Å². The monoisotopic (exact) mass is 339 g/mol. The van der Waals surface area contributed by atoms with Gasteiger partial charge in [-0.1, -0.05) is 0 Å². The van der Waals surface area contributed by atoms with E-state index in [2.05, 4.69) is 4.72 Å². The van der Waals surface area contributed by atoms with Crippen LogP contribution in [0.1, 0.15) is 29.7 Å². The number of furan rings is 1. The molecule has 2 N–H and O–H groups in total. The molecule has 1 aromatic carbocycles. The van der Waals surface area contributed by atoms with Crippen LogP contribution < -0.4 is 9.46 Å². The van der Waals surface area contributed by atoms with E-state index in [1.54, 1.807) is 32.0 Å². The zero-order valence-corrected chi connectivity index (χ0v) is 14.2. The zero-order chi connectivity index (χ0) is 17.0. The van der Waals surface area contributed by atoms with E-state index < -0.39 is 16.1 Å². The normalized spacial score (nSPS) is 13.0. The van der Waals surface area contributed by atoms with Gasteiger partial charge in [0.05, 0.1) is 30.1 Å². The molecular weight excluding hydrogens is 318 g/mol. The summed E-state index contributed by atoms with van der Waals surface area (Å²) in [7, 11) is -3.72. The first-order valence-corrected chi connectivity index (χ1v) is 8.77. The van der Waals surface area contributed by atoms with E-state index in [-0.39, 0.29) is 11.4 Å². The third-order valence-electron chi connectivity index (χ3n) is 3.43. The van der Waals surface area contributed by atoms with Gasteiger partial charge in [-0.2, -0.15) is 0 Å². The number of aliphatic hydroxyl groups is 1. The Bertz CT molecular complexity index is 730. The molecule has 0 amide bonds. The molecule has 6 nitrogen and oxygen atoms in total. The van der Waals surface area contributed by atoms with Gasteiger partial charge in [0.25, 0.3) is 0 Å². The minimum Gasteiger partial charge on any atom is -0.493 e. The second-order valence-corrected chi connectivity index (χ2v) is 7.01. The Kier molecular flexibility index (Phi) is 5.46. The molecule has 23 heavy (non-hydrogen) atoms. The van der Waals surface area contributed by atoms with Gasteiger partial charge in [-0.25, -0.2) is 13.1 Å². The average Bonchev–Trinajstić information content (AvgIpc) is 3.02. The topological polar surface area (TPSA) is 88.8 Å². The second-order valence-electron chi connectivity index (χ2n) is 5.24. The van der Waals surface area contributed by atoms with Crippen molar-refractivity contribution in [3.05, 3.63) is 47.4 Å². The van der Waals surface area contributed by atoms with E-state index in [9.17, 15) is 13.5 Å². The fourth-order valence-corrected chi connectivity index (χ4v) is 3.50. The number of rotatable bonds is 7. The SMILES string of the molecule is CCOc1c(C)cc(S(=O)(=O)NC[C@@H](O)c2ccoc2)cc1C. The van der Waals surface area contributed by atoms with Crippen LogP contribution in [0.3, 0.4) is 0 Å². The molecule has 0 spiro atoms. The standard InChI is InChI=1S/C16H21NO5S/c1-4-22-16-11(2)7-14(8-12(16)3)23(19,20)17-9-15(18)13-5-6-21-10-13/h5-8,10,15,17-18H,4,9H2,1-3H3/t15-/m1/s1. The Balaban J connectivity index is 2.16. The molecule has 0 aliphatic heterocycles. The fraction of sp³-hybridized carbons (Fsp3) is 0.375. The lowest BCUT2D eigenvalue weighted by Crippen LogP contribution is -2.28. The van der Waals surface area contributed by atoms with Gasteiger partial charge >= 0.3 is 0 Å². The van der Waals surface area contributed by atoms with Crippen LogP contribution >= 0.6 is 0 Å². The third kappa shape index (κ3) is 4.13. The molecule has 1 aromatic heterocycles. The van der Waals surface area contributed by atoms with E-state index in [0.29, 0.717) is 17.9 Å². The molecule has 0 fully saturated rings. The summed E-state index contributed by atoms with van der Waals surface area (Å²) < 4.78 is 37.6. The van der Waals surface area contributed by atoms with Crippen molar-refractivity contribution in [1.29, 1.82) is 0 Å². The Morgan fingerprint density at radius 1 is 1.30 bits per heavy atom. The van der Waals surface area contributed by atoms with E-state index in [4.69, 9.17) is 9.15 Å². The maximum absolute atomic E-state index is 12.4. The van der Waals surface area contributed by atoms with Crippen LogP contribution in [0.5, 0.6) is 5.75 Å². The summed E-state index contributed by atoms with van der Waals surface area (Å²) in [6.07, 6.45) is 1.84. The predicted molar refractivity (Wildman–Crippen MR) is 85.9 cm³/mol. The van der Waals surface area contributed by atoms with Crippen LogP contribution in [0, 0.1) is 13.8 Å². The molecule has 0 radical (unpaired) electrons. The molecule has 126 valence electrons. The summed E-state index contributed by atoms with van der Waals surface area (Å²) in [6, 6.07) is 4.71. The summed E-state index contributed by atoms with van der Waals surface area (Å²) in [5.41, 5.74) is 2.02. The first-order chi connectivity index (χ1) is 10.8. The van der Waals surface area contributed by atoms with E-state index >= 15 is 0 Å². The van der Waals surface area contributed by atoms with Gasteiger partial charge in [0, 0.05) is 12.1 Å². The van der Waals surface area contributed by atoms with Gasteiger partial charge in [-0.15, -0.1) is 0 Å². The molecule has 0 saturated heterocycles. The van der Waals surface area contributed by atoms with Gasteiger partial charge in [0.1, 0.15) is 5.75 Å². The van der Waals surface area contributed by atoms with E-state index in [1.807, 2.05) is 6.92 Å². The minimum atomic E-state index is -3.72. The Morgan fingerprint density at radius 2 is 1.96 bits per heavy atom. The lowest BCUT2D eigenvalue weighted by molar-refractivity contribution is 0.181. The molecule has 1 heterocycles. The number of hydrogen-bond acceptors (Lipinski definition) is 5. The first-order valence-electron chi connectivity index (χ1n) is 7.29. The Labute approximate surface area is 136 Å². The highest BCUT2D eigenvalue weighted by molar-refractivity contribution is 7.89. The second kappa shape index (κ2) is 7.16. The molecule has 2 rings (SSSR count). The lowest BCUT2D eigenvalue weighted by atomic mass is 10.1. The largest absolute Gasteiger partial charge is 0.493 e. The molecule has 0 saturated carbocycles. The van der Waals surface area contributed by atoms with Crippen molar-refractivity contribution in [2.24, 2.45) is 0 Å². The van der Waals surface area contributed by atoms with Crippen molar-refractivity contribution in [3.63, 3.8) is 0 Å². The number of hydrogen-bond donors (Lipinski definition) is 2. The van der Waals surface area contributed by atoms with Crippen LogP contribution in [-0.4, -0.2) is 26.7 Å². The van der Waals surface area contributed by atoms with Gasteiger partial charge in [-0.3, -0.25) is 0 Å². The minimum absolute atomic E-state index is 0.132. The van der Waals surface area contributed by atoms with Crippen LogP contribution in [0.4, 0.5) is 0 Å². The molecule has 0 aliphatic rings. The highest BCUT2D eigenvalue weighted by atomic mass is 32.2. The predicted octanol–water partition coefficient (Wildman–Crippen LogP) is 2.31. The van der Waals surface area contributed by atoms with Crippen molar-refractivity contribution in [3.8, 4) is 5.75 Å². The summed E-state index contributed by atoms with van der Waals surface area (Å²) in [5.74, 6) is 0.699. The van der Waals surface area contributed by atoms with E-state index in [0.717, 1.165) is 11.1 Å². The van der Waals surface area contributed by atoms with Crippen LogP contribution in [-0.2, 0) is 10.0 Å². The van der Waals surface area contributed by atoms with Crippen molar-refractivity contribution >= 4 is 10.0 Å². The number of ether oxygens (including phenoxy) is 1. The molecule has 0 bridgehead atoms. The van der Waals surface area contributed by atoms with Gasteiger partial charge < -0.3 is 14.3 Å². The van der Waals surface area contributed by atoms with Crippen molar-refractivity contribution in [2.75, 3.05) is 13.2 Å². The molecular formula is C16H21NO5S. The number of sulfonamides is 1.